The lowest BCUT2D eigenvalue weighted by atomic mass is 10.0. The van der Waals surface area contributed by atoms with Crippen LogP contribution in [0.15, 0.2) is 23.8 Å². The van der Waals surface area contributed by atoms with E-state index >= 15 is 0 Å². The zero-order valence-corrected chi connectivity index (χ0v) is 25.6. The second-order valence-electron chi connectivity index (χ2n) is 9.15. The molecule has 13 heteroatoms. The molecule has 0 aliphatic rings. The minimum Gasteiger partial charge on any atom is -0.379 e. The number of hydrogen-bond donors (Lipinski definition) is 4. The Labute approximate surface area is 249 Å². The minimum atomic E-state index is -0.691. The molecule has 0 bridgehead atoms. The molecule has 4 amide bonds. The Kier molecular flexibility index (Phi) is 24.8. The van der Waals surface area contributed by atoms with Crippen LogP contribution in [0.4, 0.5) is 0 Å². The molecule has 0 saturated carbocycles. The Balaban J connectivity index is 3.72. The molecule has 0 aromatic carbocycles. The second-order valence-corrected chi connectivity index (χ2v) is 9.15. The van der Waals surface area contributed by atoms with E-state index in [1.54, 1.807) is 0 Å². The first-order valence-corrected chi connectivity index (χ1v) is 14.4. The first-order valence-electron chi connectivity index (χ1n) is 14.4. The van der Waals surface area contributed by atoms with E-state index < -0.39 is 17.9 Å². The summed E-state index contributed by atoms with van der Waals surface area (Å²) < 4.78 is 21.5. The van der Waals surface area contributed by atoms with Gasteiger partial charge in [-0.2, -0.15) is 0 Å². The molecule has 0 aliphatic carbocycles. The predicted octanol–water partition coefficient (Wildman–Crippen LogP) is 0.578. The number of carbonyl (C=O) groups is 5. The highest BCUT2D eigenvalue weighted by Gasteiger charge is 2.18. The number of hydrogen-bond acceptors (Lipinski definition) is 9. The molecule has 0 aliphatic heterocycles. The molecular formula is C29H50N4O9. The number of ether oxygens (including phenoxy) is 4. The summed E-state index contributed by atoms with van der Waals surface area (Å²) >= 11 is 0. The summed E-state index contributed by atoms with van der Waals surface area (Å²) in [4.78, 5) is 59.2. The number of carbonyl (C=O) groups excluding carboxylic acids is 5. The quantitative estimate of drug-likeness (QED) is 0.0821. The van der Waals surface area contributed by atoms with Gasteiger partial charge in [-0.1, -0.05) is 30.7 Å². The average molecular weight is 599 g/mol. The highest BCUT2D eigenvalue weighted by atomic mass is 16.6. The fourth-order valence-corrected chi connectivity index (χ4v) is 3.29. The number of ketones is 1. The summed E-state index contributed by atoms with van der Waals surface area (Å²) in [5, 5.41) is 10.3. The van der Waals surface area contributed by atoms with Crippen LogP contribution < -0.4 is 21.3 Å². The molecule has 0 spiro atoms. The van der Waals surface area contributed by atoms with Crippen molar-refractivity contribution in [1.82, 2.24) is 21.3 Å². The molecule has 0 saturated heterocycles. The standard InChI is InChI=1S/C29H50N4O9/c1-5-8-24(7-3)20-25(23(4)34)33-29(38)22-32-28(37)21-31-27(36)10-12-39-14-16-41-18-19-42-17-15-40-13-11-30-26(35)9-6-2/h5,7-8,25H,6,9-22H2,1-4H3,(H,30,35)(H,31,36)(H,32,37)(H,33,38)/b8-5-,24-7+. The maximum atomic E-state index is 12.2. The summed E-state index contributed by atoms with van der Waals surface area (Å²) in [5.74, 6) is -1.55. The van der Waals surface area contributed by atoms with E-state index in [0.29, 0.717) is 65.6 Å². The lowest BCUT2D eigenvalue weighted by Crippen LogP contribution is -2.46. The molecule has 0 aromatic heterocycles. The largest absolute Gasteiger partial charge is 0.379 e. The third kappa shape index (κ3) is 23.6. The highest BCUT2D eigenvalue weighted by molar-refractivity contribution is 5.91. The molecule has 240 valence electrons. The van der Waals surface area contributed by atoms with Crippen LogP contribution in [0.1, 0.15) is 53.4 Å². The van der Waals surface area contributed by atoms with Gasteiger partial charge in [-0.05, 0) is 33.6 Å². The van der Waals surface area contributed by atoms with Crippen molar-refractivity contribution in [3.05, 3.63) is 23.8 Å². The third-order valence-electron chi connectivity index (χ3n) is 5.54. The fraction of sp³-hybridized carbons (Fsp3) is 0.690. The molecule has 1 unspecified atom stereocenters. The molecule has 4 N–H and O–H groups in total. The fourth-order valence-electron chi connectivity index (χ4n) is 3.29. The number of allylic oxidation sites excluding steroid dienone is 3. The van der Waals surface area contributed by atoms with Crippen LogP contribution in [0, 0.1) is 0 Å². The van der Waals surface area contributed by atoms with Crippen LogP contribution >= 0.6 is 0 Å². The molecular weight excluding hydrogens is 548 g/mol. The molecule has 1 atom stereocenters. The van der Waals surface area contributed by atoms with Gasteiger partial charge in [0, 0.05) is 19.4 Å². The number of amides is 4. The minimum absolute atomic E-state index is 0.0302. The van der Waals surface area contributed by atoms with Gasteiger partial charge in [0.1, 0.15) is 0 Å². The van der Waals surface area contributed by atoms with Gasteiger partial charge < -0.3 is 40.2 Å². The number of rotatable bonds is 26. The summed E-state index contributed by atoms with van der Waals surface area (Å²) in [6, 6.07) is -0.691. The summed E-state index contributed by atoms with van der Waals surface area (Å²) in [6.45, 7) is 9.89. The van der Waals surface area contributed by atoms with E-state index in [0.717, 1.165) is 12.0 Å². The van der Waals surface area contributed by atoms with E-state index in [-0.39, 0.29) is 43.7 Å². The van der Waals surface area contributed by atoms with Gasteiger partial charge in [0.2, 0.25) is 23.6 Å². The van der Waals surface area contributed by atoms with Gasteiger partial charge in [0.15, 0.2) is 5.78 Å². The topological polar surface area (TPSA) is 170 Å². The van der Waals surface area contributed by atoms with Crippen LogP contribution in [-0.2, 0) is 42.9 Å². The van der Waals surface area contributed by atoms with Gasteiger partial charge in [-0.15, -0.1) is 0 Å². The zero-order valence-electron chi connectivity index (χ0n) is 25.6. The number of Topliss-reactive ketones (excluding diaryl/α,β-unsaturated/α-hetero) is 1. The molecule has 42 heavy (non-hydrogen) atoms. The van der Waals surface area contributed by atoms with Crippen molar-refractivity contribution >= 4 is 29.4 Å². The Morgan fingerprint density at radius 1 is 0.667 bits per heavy atom. The Morgan fingerprint density at radius 2 is 1.19 bits per heavy atom. The Morgan fingerprint density at radius 3 is 1.74 bits per heavy atom. The van der Waals surface area contributed by atoms with Gasteiger partial charge in [-0.3, -0.25) is 24.0 Å². The normalized spacial score (nSPS) is 12.1. The molecule has 0 rings (SSSR count). The van der Waals surface area contributed by atoms with Crippen molar-refractivity contribution < 1.29 is 42.9 Å². The maximum absolute atomic E-state index is 12.2. The van der Waals surface area contributed by atoms with Gasteiger partial charge in [0.05, 0.1) is 72.0 Å². The van der Waals surface area contributed by atoms with Gasteiger partial charge in [0.25, 0.3) is 0 Å². The maximum Gasteiger partial charge on any atom is 0.239 e. The summed E-state index contributed by atoms with van der Waals surface area (Å²) in [7, 11) is 0. The highest BCUT2D eigenvalue weighted by Crippen LogP contribution is 2.08. The molecule has 0 aromatic rings. The average Bonchev–Trinajstić information content (AvgIpc) is 2.96. The third-order valence-corrected chi connectivity index (χ3v) is 5.54. The van der Waals surface area contributed by atoms with E-state index in [1.165, 1.54) is 6.92 Å². The number of nitrogens with one attached hydrogen (secondary N) is 4. The summed E-state index contributed by atoms with van der Waals surface area (Å²) in [5.41, 5.74) is 0.909. The van der Waals surface area contributed by atoms with Crippen LogP contribution in [0.2, 0.25) is 0 Å². The first kappa shape index (κ1) is 38.9. The second kappa shape index (κ2) is 26.7. The van der Waals surface area contributed by atoms with Crippen molar-refractivity contribution in [1.29, 1.82) is 0 Å². The van der Waals surface area contributed by atoms with Crippen molar-refractivity contribution in [2.24, 2.45) is 0 Å². The van der Waals surface area contributed by atoms with Crippen molar-refractivity contribution in [2.45, 2.75) is 59.4 Å². The van der Waals surface area contributed by atoms with Crippen molar-refractivity contribution in [3.8, 4) is 0 Å². The van der Waals surface area contributed by atoms with E-state index in [2.05, 4.69) is 21.3 Å². The molecule has 0 radical (unpaired) electrons. The molecule has 0 heterocycles. The van der Waals surface area contributed by atoms with Crippen molar-refractivity contribution in [3.63, 3.8) is 0 Å². The Bertz CT molecular complexity index is 862. The zero-order chi connectivity index (χ0) is 31.4. The van der Waals surface area contributed by atoms with Gasteiger partial charge in [-0.25, -0.2) is 0 Å². The lowest BCUT2D eigenvalue weighted by Gasteiger charge is -2.17. The van der Waals surface area contributed by atoms with E-state index in [4.69, 9.17) is 18.9 Å². The van der Waals surface area contributed by atoms with Crippen LogP contribution in [0.5, 0.6) is 0 Å². The molecule has 0 fully saturated rings. The summed E-state index contributed by atoms with van der Waals surface area (Å²) in [6.07, 6.45) is 7.35. The van der Waals surface area contributed by atoms with E-state index in [1.807, 2.05) is 39.0 Å². The van der Waals surface area contributed by atoms with Crippen LogP contribution in [0.25, 0.3) is 0 Å². The Hall–Kier alpha value is -3.13. The monoisotopic (exact) mass is 598 g/mol. The predicted molar refractivity (Wildman–Crippen MR) is 158 cm³/mol. The lowest BCUT2D eigenvalue weighted by molar-refractivity contribution is -0.129. The van der Waals surface area contributed by atoms with Crippen LogP contribution in [-0.4, -0.2) is 108 Å². The van der Waals surface area contributed by atoms with Crippen LogP contribution in [0.3, 0.4) is 0 Å². The first-order chi connectivity index (χ1) is 20.2. The molecule has 13 nitrogen and oxygen atoms in total. The van der Waals surface area contributed by atoms with Crippen molar-refractivity contribution in [2.75, 3.05) is 72.5 Å². The SMILES string of the molecule is C/C=C\C(=C/C)CC(NC(=O)CNC(=O)CNC(=O)CCOCCOCCOCCOCCNC(=O)CCC)C(C)=O. The van der Waals surface area contributed by atoms with Gasteiger partial charge >= 0.3 is 0 Å². The van der Waals surface area contributed by atoms with E-state index in [9.17, 15) is 24.0 Å². The smallest absolute Gasteiger partial charge is 0.239 e.